The Morgan fingerprint density at radius 1 is 1.00 bits per heavy atom. The Hall–Kier alpha value is -0.110. The summed E-state index contributed by atoms with van der Waals surface area (Å²) >= 11 is 5.45. The molecule has 0 aromatic rings. The van der Waals surface area contributed by atoms with E-state index in [-0.39, 0.29) is 0 Å². The van der Waals surface area contributed by atoms with Gasteiger partial charge in [0.2, 0.25) is 0 Å². The Morgan fingerprint density at radius 3 is 2.70 bits per heavy atom. The average Bonchev–Trinajstić information content (AvgIpc) is 2.81. The van der Waals surface area contributed by atoms with Crippen molar-refractivity contribution in [2.75, 3.05) is 0 Å². The monoisotopic (exact) mass is 291 g/mol. The molecule has 0 bridgehead atoms. The van der Waals surface area contributed by atoms with Crippen molar-refractivity contribution < 1.29 is 0 Å². The van der Waals surface area contributed by atoms with Gasteiger partial charge < -0.3 is 5.32 Å². The van der Waals surface area contributed by atoms with Gasteiger partial charge in [0.25, 0.3) is 0 Å². The van der Waals surface area contributed by atoms with Crippen LogP contribution in [0.15, 0.2) is 0 Å². The lowest BCUT2D eigenvalue weighted by Gasteiger charge is -2.60. The molecule has 4 fully saturated rings. The smallest absolute Gasteiger partial charge is 0.0755 e. The zero-order chi connectivity index (χ0) is 14.0. The number of fused-ring (bicyclic) bond motifs is 5. The van der Waals surface area contributed by atoms with Crippen molar-refractivity contribution in [1.82, 2.24) is 5.32 Å². The Morgan fingerprint density at radius 2 is 1.85 bits per heavy atom. The van der Waals surface area contributed by atoms with Gasteiger partial charge in [-0.2, -0.15) is 0 Å². The quantitative estimate of drug-likeness (QED) is 0.649. The molecular formula is C18H29NS. The van der Waals surface area contributed by atoms with E-state index in [1.165, 1.54) is 51.4 Å². The average molecular weight is 292 g/mol. The van der Waals surface area contributed by atoms with E-state index in [0.717, 1.165) is 29.2 Å². The molecule has 0 aromatic carbocycles. The van der Waals surface area contributed by atoms with Crippen LogP contribution < -0.4 is 5.32 Å². The van der Waals surface area contributed by atoms with E-state index in [0.29, 0.717) is 16.9 Å². The first-order valence-corrected chi connectivity index (χ1v) is 9.23. The maximum atomic E-state index is 5.45. The third-order valence-electron chi connectivity index (χ3n) is 7.88. The van der Waals surface area contributed by atoms with Gasteiger partial charge in [-0.05, 0) is 80.0 Å². The minimum atomic E-state index is 0.523. The molecule has 0 unspecified atom stereocenters. The molecule has 1 nitrogen and oxygen atoms in total. The van der Waals surface area contributed by atoms with Crippen molar-refractivity contribution in [3.8, 4) is 0 Å². The molecule has 1 aliphatic heterocycles. The van der Waals surface area contributed by atoms with E-state index in [1.807, 2.05) is 0 Å². The molecule has 3 aliphatic carbocycles. The van der Waals surface area contributed by atoms with Gasteiger partial charge in [0, 0.05) is 6.04 Å². The molecule has 0 radical (unpaired) electrons. The highest BCUT2D eigenvalue weighted by molar-refractivity contribution is 7.80. The first-order valence-electron chi connectivity index (χ1n) is 8.82. The van der Waals surface area contributed by atoms with Gasteiger partial charge in [-0.15, -0.1) is 0 Å². The molecule has 2 heteroatoms. The van der Waals surface area contributed by atoms with E-state index in [1.54, 1.807) is 0 Å². The summed E-state index contributed by atoms with van der Waals surface area (Å²) in [6.07, 6.45) is 12.8. The van der Waals surface area contributed by atoms with Gasteiger partial charge in [0.05, 0.1) is 4.99 Å². The van der Waals surface area contributed by atoms with Crippen LogP contribution in [0.2, 0.25) is 0 Å². The van der Waals surface area contributed by atoms with E-state index in [9.17, 15) is 0 Å². The Balaban J connectivity index is 1.64. The second kappa shape index (κ2) is 4.44. The lowest BCUT2D eigenvalue weighted by atomic mass is 9.48. The SMILES string of the molecule is C[C@@]12CCC[C@H]1[C@@H]1CC[C@H]3NC(=S)CC[C@]3(C)[C@H]1CC2. The summed E-state index contributed by atoms with van der Waals surface area (Å²) < 4.78 is 0. The van der Waals surface area contributed by atoms with Crippen LogP contribution in [0.1, 0.15) is 71.6 Å². The van der Waals surface area contributed by atoms with Gasteiger partial charge >= 0.3 is 0 Å². The van der Waals surface area contributed by atoms with Crippen LogP contribution in [-0.4, -0.2) is 11.0 Å². The molecule has 4 aliphatic rings. The molecule has 4 rings (SSSR count). The highest BCUT2D eigenvalue weighted by Gasteiger charge is 2.57. The van der Waals surface area contributed by atoms with Crippen LogP contribution in [0, 0.1) is 28.6 Å². The number of hydrogen-bond donors (Lipinski definition) is 1. The Labute approximate surface area is 129 Å². The first-order chi connectivity index (χ1) is 9.53. The van der Waals surface area contributed by atoms with Crippen molar-refractivity contribution in [2.24, 2.45) is 28.6 Å². The maximum absolute atomic E-state index is 5.45. The van der Waals surface area contributed by atoms with Crippen molar-refractivity contribution in [1.29, 1.82) is 0 Å². The van der Waals surface area contributed by atoms with Crippen LogP contribution in [0.25, 0.3) is 0 Å². The number of thiocarbonyl (C=S) groups is 1. The minimum absolute atomic E-state index is 0.523. The fourth-order valence-corrected chi connectivity index (χ4v) is 6.94. The number of hydrogen-bond acceptors (Lipinski definition) is 1. The molecule has 112 valence electrons. The van der Waals surface area contributed by atoms with Crippen molar-refractivity contribution in [3.05, 3.63) is 0 Å². The molecule has 0 amide bonds. The van der Waals surface area contributed by atoms with Crippen LogP contribution >= 0.6 is 12.2 Å². The number of rotatable bonds is 0. The molecular weight excluding hydrogens is 262 g/mol. The minimum Gasteiger partial charge on any atom is -0.376 e. The molecule has 1 heterocycles. The van der Waals surface area contributed by atoms with Gasteiger partial charge in [-0.1, -0.05) is 32.5 Å². The lowest BCUT2D eigenvalue weighted by Crippen LogP contribution is -2.60. The van der Waals surface area contributed by atoms with Gasteiger partial charge in [0.15, 0.2) is 0 Å². The predicted molar refractivity (Wildman–Crippen MR) is 87.8 cm³/mol. The van der Waals surface area contributed by atoms with Gasteiger partial charge in [-0.3, -0.25) is 0 Å². The largest absolute Gasteiger partial charge is 0.376 e. The summed E-state index contributed by atoms with van der Waals surface area (Å²) in [4.78, 5) is 1.13. The van der Waals surface area contributed by atoms with Crippen LogP contribution in [0.4, 0.5) is 0 Å². The summed E-state index contributed by atoms with van der Waals surface area (Å²) in [5, 5.41) is 3.69. The fourth-order valence-electron chi connectivity index (χ4n) is 6.70. The van der Waals surface area contributed by atoms with Crippen LogP contribution in [-0.2, 0) is 0 Å². The second-order valence-electron chi connectivity index (χ2n) is 8.67. The topological polar surface area (TPSA) is 12.0 Å². The highest BCUT2D eigenvalue weighted by Crippen LogP contribution is 2.63. The third kappa shape index (κ3) is 1.76. The molecule has 20 heavy (non-hydrogen) atoms. The Bertz CT molecular complexity index is 433. The van der Waals surface area contributed by atoms with E-state index < -0.39 is 0 Å². The normalized spacial score (nSPS) is 54.6. The molecule has 1 saturated heterocycles. The lowest BCUT2D eigenvalue weighted by molar-refractivity contribution is -0.0755. The molecule has 3 saturated carbocycles. The van der Waals surface area contributed by atoms with Gasteiger partial charge in [0.1, 0.15) is 0 Å². The second-order valence-corrected chi connectivity index (χ2v) is 9.16. The number of piperidine rings is 1. The Kier molecular flexibility index (Phi) is 3.01. The molecule has 0 aromatic heterocycles. The van der Waals surface area contributed by atoms with Crippen molar-refractivity contribution >= 4 is 17.2 Å². The summed E-state index contributed by atoms with van der Waals surface area (Å²) in [5.74, 6) is 3.02. The molecule has 0 spiro atoms. The molecule has 6 atom stereocenters. The highest BCUT2D eigenvalue weighted by atomic mass is 32.1. The van der Waals surface area contributed by atoms with E-state index in [2.05, 4.69) is 19.2 Å². The predicted octanol–water partition coefficient (Wildman–Crippen LogP) is 4.70. The summed E-state index contributed by atoms with van der Waals surface area (Å²) in [7, 11) is 0. The zero-order valence-corrected chi connectivity index (χ0v) is 13.9. The van der Waals surface area contributed by atoms with E-state index in [4.69, 9.17) is 12.2 Å². The van der Waals surface area contributed by atoms with Crippen molar-refractivity contribution in [2.45, 2.75) is 77.7 Å². The van der Waals surface area contributed by atoms with Crippen molar-refractivity contribution in [3.63, 3.8) is 0 Å². The number of nitrogens with one attached hydrogen (secondary N) is 1. The summed E-state index contributed by atoms with van der Waals surface area (Å²) in [5.41, 5.74) is 1.22. The standard InChI is InChI=1S/C18H29NS/c1-17-9-3-4-13(17)12-5-6-15-18(2,14(12)7-10-17)11-8-16(20)19-15/h12-15H,3-11H2,1-2H3,(H,19,20)/t12-,13-,14-,15+,17-,18+/m0/s1. The summed E-state index contributed by atoms with van der Waals surface area (Å²) in [6.45, 7) is 5.18. The van der Waals surface area contributed by atoms with Crippen LogP contribution in [0.5, 0.6) is 0 Å². The first kappa shape index (κ1) is 13.5. The van der Waals surface area contributed by atoms with Gasteiger partial charge in [-0.25, -0.2) is 0 Å². The fraction of sp³-hybridized carbons (Fsp3) is 0.944. The van der Waals surface area contributed by atoms with Crippen LogP contribution in [0.3, 0.4) is 0 Å². The molecule has 1 N–H and O–H groups in total. The zero-order valence-electron chi connectivity index (χ0n) is 13.1. The maximum Gasteiger partial charge on any atom is 0.0755 e. The van der Waals surface area contributed by atoms with E-state index >= 15 is 0 Å². The third-order valence-corrected chi connectivity index (χ3v) is 8.20. The summed E-state index contributed by atoms with van der Waals surface area (Å²) in [6, 6.07) is 0.677.